The molecule has 2 nitrogen and oxygen atoms in total. The predicted molar refractivity (Wildman–Crippen MR) is 82.5 cm³/mol. The molecule has 0 fully saturated rings. The van der Waals surface area contributed by atoms with Crippen molar-refractivity contribution in [1.29, 1.82) is 0 Å². The monoisotopic (exact) mass is 286 g/mol. The minimum absolute atomic E-state index is 0.545. The molecule has 0 aliphatic carbocycles. The molecule has 0 aromatic heterocycles. The molecule has 2 aromatic carbocycles. The summed E-state index contributed by atoms with van der Waals surface area (Å²) in [7, 11) is 0. The molecule has 0 saturated carbocycles. The molecule has 0 radical (unpaired) electrons. The maximum atomic E-state index is 5.72. The van der Waals surface area contributed by atoms with E-state index in [-0.39, 0.29) is 0 Å². The van der Waals surface area contributed by atoms with E-state index in [1.54, 1.807) is 0 Å². The summed E-state index contributed by atoms with van der Waals surface area (Å²) in [4.78, 5) is 1.40. The molecule has 104 valence electrons. The Morgan fingerprint density at radius 3 is 2.60 bits per heavy atom. The van der Waals surface area contributed by atoms with Crippen LogP contribution in [0.2, 0.25) is 0 Å². The molecule has 0 saturated heterocycles. The lowest BCUT2D eigenvalue weighted by molar-refractivity contribution is 0.101. The van der Waals surface area contributed by atoms with Gasteiger partial charge in [0.05, 0.1) is 13.2 Å². The first-order chi connectivity index (χ1) is 9.92. The fraction of sp³-hybridized carbons (Fsp3) is 0.294. The zero-order valence-corrected chi connectivity index (χ0v) is 12.1. The van der Waals surface area contributed by atoms with Crippen LogP contribution in [0.5, 0.6) is 5.75 Å². The van der Waals surface area contributed by atoms with Crippen molar-refractivity contribution in [3.8, 4) is 5.75 Å². The van der Waals surface area contributed by atoms with Crippen LogP contribution >= 0.6 is 11.8 Å². The Hall–Kier alpha value is -1.45. The van der Waals surface area contributed by atoms with E-state index in [0.717, 1.165) is 18.8 Å². The highest BCUT2D eigenvalue weighted by Gasteiger charge is 2.21. The summed E-state index contributed by atoms with van der Waals surface area (Å²) in [6, 6.07) is 18.5. The van der Waals surface area contributed by atoms with Gasteiger partial charge in [-0.2, -0.15) is 0 Å². The van der Waals surface area contributed by atoms with E-state index in [1.165, 1.54) is 10.5 Å². The third-order valence-corrected chi connectivity index (χ3v) is 4.55. The van der Waals surface area contributed by atoms with Crippen LogP contribution in [0.4, 0.5) is 0 Å². The fourth-order valence-corrected chi connectivity index (χ4v) is 3.54. The second-order valence-electron chi connectivity index (χ2n) is 4.79. The maximum absolute atomic E-state index is 5.72. The standard InChI is InChI=1S/C17H18O2S/c1-2-7-15(8-3-1)19-11-10-18-13-16-12-14-6-4-5-9-17(14)20-16/h1-9,16H,10-13H2. The lowest BCUT2D eigenvalue weighted by atomic mass is 10.1. The van der Waals surface area contributed by atoms with Gasteiger partial charge >= 0.3 is 0 Å². The van der Waals surface area contributed by atoms with Crippen LogP contribution in [0.3, 0.4) is 0 Å². The molecule has 2 aromatic rings. The van der Waals surface area contributed by atoms with Crippen molar-refractivity contribution in [2.45, 2.75) is 16.6 Å². The van der Waals surface area contributed by atoms with Gasteiger partial charge in [0, 0.05) is 10.1 Å². The van der Waals surface area contributed by atoms with Crippen molar-refractivity contribution < 1.29 is 9.47 Å². The molecule has 1 heterocycles. The Kier molecular flexibility index (Phi) is 4.61. The average molecular weight is 286 g/mol. The number of hydrogen-bond donors (Lipinski definition) is 0. The second-order valence-corrected chi connectivity index (χ2v) is 6.13. The summed E-state index contributed by atoms with van der Waals surface area (Å²) in [5, 5.41) is 0.545. The van der Waals surface area contributed by atoms with Gasteiger partial charge in [-0.15, -0.1) is 11.8 Å². The smallest absolute Gasteiger partial charge is 0.119 e. The SMILES string of the molecule is c1ccc(OCCOCC2Cc3ccccc3S2)cc1. The van der Waals surface area contributed by atoms with Gasteiger partial charge < -0.3 is 9.47 Å². The zero-order chi connectivity index (χ0) is 13.6. The van der Waals surface area contributed by atoms with E-state index in [4.69, 9.17) is 9.47 Å². The molecule has 0 N–H and O–H groups in total. The molecule has 0 spiro atoms. The Morgan fingerprint density at radius 1 is 0.950 bits per heavy atom. The number of hydrogen-bond acceptors (Lipinski definition) is 3. The molecule has 20 heavy (non-hydrogen) atoms. The Labute approximate surface area is 124 Å². The summed E-state index contributed by atoms with van der Waals surface area (Å²) >= 11 is 1.92. The van der Waals surface area contributed by atoms with E-state index >= 15 is 0 Å². The topological polar surface area (TPSA) is 18.5 Å². The molecule has 1 aliphatic rings. The van der Waals surface area contributed by atoms with E-state index in [1.807, 2.05) is 42.1 Å². The van der Waals surface area contributed by atoms with Gasteiger partial charge in [0.1, 0.15) is 12.4 Å². The molecule has 1 unspecified atom stereocenters. The molecule has 1 atom stereocenters. The van der Waals surface area contributed by atoms with Gasteiger partial charge in [0.25, 0.3) is 0 Å². The molecule has 0 amide bonds. The van der Waals surface area contributed by atoms with E-state index in [0.29, 0.717) is 18.5 Å². The summed E-state index contributed by atoms with van der Waals surface area (Å²) in [5.41, 5.74) is 1.45. The summed E-state index contributed by atoms with van der Waals surface area (Å²) in [6.07, 6.45) is 1.11. The predicted octanol–water partition coefficient (Wildman–Crippen LogP) is 3.80. The van der Waals surface area contributed by atoms with Gasteiger partial charge in [-0.25, -0.2) is 0 Å². The molecular weight excluding hydrogens is 268 g/mol. The molecule has 3 heteroatoms. The summed E-state index contributed by atoms with van der Waals surface area (Å²) < 4.78 is 11.3. The minimum atomic E-state index is 0.545. The number of rotatable bonds is 6. The number of ether oxygens (including phenoxy) is 2. The van der Waals surface area contributed by atoms with Gasteiger partial charge in [-0.3, -0.25) is 0 Å². The van der Waals surface area contributed by atoms with Crippen LogP contribution in [-0.4, -0.2) is 25.1 Å². The fourth-order valence-electron chi connectivity index (χ4n) is 2.30. The first kappa shape index (κ1) is 13.5. The molecule has 0 bridgehead atoms. The Morgan fingerprint density at radius 2 is 1.75 bits per heavy atom. The van der Waals surface area contributed by atoms with Crippen molar-refractivity contribution in [1.82, 2.24) is 0 Å². The molecule has 1 aliphatic heterocycles. The first-order valence-corrected chi connectivity index (χ1v) is 7.80. The average Bonchev–Trinajstić information content (AvgIpc) is 2.90. The quantitative estimate of drug-likeness (QED) is 0.753. The van der Waals surface area contributed by atoms with Crippen LogP contribution in [-0.2, 0) is 11.2 Å². The van der Waals surface area contributed by atoms with Crippen LogP contribution in [0.15, 0.2) is 59.5 Å². The number of fused-ring (bicyclic) bond motifs is 1. The molecular formula is C17H18O2S. The normalized spacial score (nSPS) is 16.9. The van der Waals surface area contributed by atoms with Crippen molar-refractivity contribution in [2.75, 3.05) is 19.8 Å². The Bertz CT molecular complexity index is 517. The van der Waals surface area contributed by atoms with Gasteiger partial charge in [-0.05, 0) is 30.2 Å². The highest BCUT2D eigenvalue weighted by molar-refractivity contribution is 8.00. The van der Waals surface area contributed by atoms with Gasteiger partial charge in [-0.1, -0.05) is 36.4 Å². The van der Waals surface area contributed by atoms with Crippen LogP contribution in [0.1, 0.15) is 5.56 Å². The van der Waals surface area contributed by atoms with Crippen molar-refractivity contribution in [3.63, 3.8) is 0 Å². The summed E-state index contributed by atoms with van der Waals surface area (Å²) in [5.74, 6) is 0.902. The highest BCUT2D eigenvalue weighted by Crippen LogP contribution is 2.36. The number of para-hydroxylation sites is 1. The Balaban J connectivity index is 1.34. The van der Waals surface area contributed by atoms with E-state index in [2.05, 4.69) is 24.3 Å². The summed E-state index contributed by atoms with van der Waals surface area (Å²) in [6.45, 7) is 2.04. The first-order valence-electron chi connectivity index (χ1n) is 6.92. The van der Waals surface area contributed by atoms with Gasteiger partial charge in [0.15, 0.2) is 0 Å². The minimum Gasteiger partial charge on any atom is -0.491 e. The number of benzene rings is 2. The second kappa shape index (κ2) is 6.82. The largest absolute Gasteiger partial charge is 0.491 e. The number of thioether (sulfide) groups is 1. The highest BCUT2D eigenvalue weighted by atomic mass is 32.2. The zero-order valence-electron chi connectivity index (χ0n) is 11.3. The third kappa shape index (κ3) is 3.56. The lowest BCUT2D eigenvalue weighted by Crippen LogP contribution is -2.15. The molecule has 3 rings (SSSR count). The third-order valence-electron chi connectivity index (χ3n) is 3.26. The maximum Gasteiger partial charge on any atom is 0.119 e. The van der Waals surface area contributed by atoms with Crippen molar-refractivity contribution in [2.24, 2.45) is 0 Å². The van der Waals surface area contributed by atoms with Crippen LogP contribution in [0, 0.1) is 0 Å². The van der Waals surface area contributed by atoms with E-state index in [9.17, 15) is 0 Å². The van der Waals surface area contributed by atoms with Crippen LogP contribution < -0.4 is 4.74 Å². The van der Waals surface area contributed by atoms with Crippen molar-refractivity contribution in [3.05, 3.63) is 60.2 Å². The van der Waals surface area contributed by atoms with Crippen molar-refractivity contribution >= 4 is 11.8 Å². The van der Waals surface area contributed by atoms with E-state index < -0.39 is 0 Å². The van der Waals surface area contributed by atoms with Crippen LogP contribution in [0.25, 0.3) is 0 Å². The lowest BCUT2D eigenvalue weighted by Gasteiger charge is -2.10. The van der Waals surface area contributed by atoms with Gasteiger partial charge in [0.2, 0.25) is 0 Å².